The van der Waals surface area contributed by atoms with E-state index in [1.54, 1.807) is 22.7 Å². The van der Waals surface area contributed by atoms with E-state index in [4.69, 9.17) is 17.2 Å². The third-order valence-corrected chi connectivity index (χ3v) is 6.19. The lowest BCUT2D eigenvalue weighted by Crippen LogP contribution is -2.31. The molecule has 8 heteroatoms. The number of anilines is 1. The average Bonchev–Trinajstić information content (AvgIpc) is 2.98. The highest BCUT2D eigenvalue weighted by atomic mass is 32.2. The maximum atomic E-state index is 13.5. The molecule has 30 heavy (non-hydrogen) atoms. The number of aromatic nitrogens is 2. The van der Waals surface area contributed by atoms with E-state index in [2.05, 4.69) is 25.3 Å². The summed E-state index contributed by atoms with van der Waals surface area (Å²) in [6, 6.07) is 3.77. The molecule has 0 unspecified atom stereocenters. The fourth-order valence-electron chi connectivity index (χ4n) is 3.45. The van der Waals surface area contributed by atoms with Crippen molar-refractivity contribution in [3.8, 4) is 0 Å². The maximum absolute atomic E-state index is 13.5. The molecule has 2 aromatic heterocycles. The van der Waals surface area contributed by atoms with Gasteiger partial charge in [-0.1, -0.05) is 50.0 Å². The smallest absolute Gasteiger partial charge is 0.267 e. The predicted molar refractivity (Wildman–Crippen MR) is 129 cm³/mol. The standard InChI is InChI=1S/C22H26N4O2S2/c1-5-10-24(11-6-2)19-16(14-17-21(28)26(12-7-3)22(29)30-17)20(27)25-13-8-9-15(4)18(25)23-19/h7-9,13-14H,3,5-6,10-12H2,1-2,4H3. The van der Waals surface area contributed by atoms with Gasteiger partial charge in [-0.25, -0.2) is 4.98 Å². The van der Waals surface area contributed by atoms with Gasteiger partial charge in [0, 0.05) is 25.8 Å². The van der Waals surface area contributed by atoms with Crippen LogP contribution in [0, 0.1) is 6.92 Å². The van der Waals surface area contributed by atoms with E-state index >= 15 is 0 Å². The second kappa shape index (κ2) is 9.57. The number of thioether (sulfide) groups is 1. The molecule has 0 aliphatic carbocycles. The molecule has 0 atom stereocenters. The van der Waals surface area contributed by atoms with Gasteiger partial charge in [0.2, 0.25) is 0 Å². The molecule has 0 aromatic carbocycles. The zero-order valence-corrected chi connectivity index (χ0v) is 19.2. The van der Waals surface area contributed by atoms with Crippen molar-refractivity contribution in [3.05, 3.63) is 57.4 Å². The van der Waals surface area contributed by atoms with Crippen molar-refractivity contribution >= 4 is 51.7 Å². The first-order valence-electron chi connectivity index (χ1n) is 10.1. The number of hydrogen-bond acceptors (Lipinski definition) is 6. The van der Waals surface area contributed by atoms with Crippen LogP contribution in [0.15, 0.2) is 40.7 Å². The summed E-state index contributed by atoms with van der Waals surface area (Å²) >= 11 is 6.55. The van der Waals surface area contributed by atoms with Crippen LogP contribution in [-0.2, 0) is 4.79 Å². The van der Waals surface area contributed by atoms with E-state index in [1.807, 2.05) is 19.1 Å². The van der Waals surface area contributed by atoms with Crippen LogP contribution in [0.4, 0.5) is 5.82 Å². The van der Waals surface area contributed by atoms with Gasteiger partial charge in [-0.3, -0.25) is 18.9 Å². The molecule has 1 fully saturated rings. The zero-order valence-electron chi connectivity index (χ0n) is 17.6. The molecular weight excluding hydrogens is 416 g/mol. The van der Waals surface area contributed by atoms with Crippen molar-refractivity contribution in [2.75, 3.05) is 24.5 Å². The summed E-state index contributed by atoms with van der Waals surface area (Å²) in [6.45, 7) is 11.7. The molecule has 0 radical (unpaired) electrons. The number of carbonyl (C=O) groups is 1. The van der Waals surface area contributed by atoms with Crippen LogP contribution in [0.25, 0.3) is 11.7 Å². The number of rotatable bonds is 8. The molecule has 0 bridgehead atoms. The van der Waals surface area contributed by atoms with Crippen molar-refractivity contribution in [2.24, 2.45) is 0 Å². The Balaban J connectivity index is 2.24. The first-order chi connectivity index (χ1) is 14.4. The number of pyridine rings is 1. The molecule has 0 saturated carbocycles. The highest BCUT2D eigenvalue weighted by Gasteiger charge is 2.32. The summed E-state index contributed by atoms with van der Waals surface area (Å²) < 4.78 is 2.02. The van der Waals surface area contributed by atoms with E-state index in [9.17, 15) is 9.59 Å². The van der Waals surface area contributed by atoms with E-state index < -0.39 is 0 Å². The molecule has 158 valence electrons. The van der Waals surface area contributed by atoms with E-state index in [0.717, 1.165) is 31.5 Å². The molecule has 1 aliphatic heterocycles. The largest absolute Gasteiger partial charge is 0.356 e. The van der Waals surface area contributed by atoms with E-state index in [1.165, 1.54) is 16.7 Å². The van der Waals surface area contributed by atoms with Crippen LogP contribution in [-0.4, -0.2) is 44.1 Å². The summed E-state index contributed by atoms with van der Waals surface area (Å²) in [5, 5.41) is 0. The van der Waals surface area contributed by atoms with Crippen LogP contribution < -0.4 is 10.5 Å². The van der Waals surface area contributed by atoms with Gasteiger partial charge in [-0.2, -0.15) is 0 Å². The molecule has 2 aromatic rings. The van der Waals surface area contributed by atoms with Gasteiger partial charge in [0.15, 0.2) is 0 Å². The second-order valence-electron chi connectivity index (χ2n) is 7.11. The molecule has 3 heterocycles. The summed E-state index contributed by atoms with van der Waals surface area (Å²) in [5.41, 5.74) is 1.78. The fraction of sp³-hybridized carbons (Fsp3) is 0.364. The van der Waals surface area contributed by atoms with Gasteiger partial charge in [-0.05, 0) is 37.5 Å². The zero-order chi connectivity index (χ0) is 21.8. The van der Waals surface area contributed by atoms with Crippen LogP contribution in [0.3, 0.4) is 0 Å². The normalized spacial score (nSPS) is 15.4. The molecule has 3 rings (SSSR count). The molecule has 0 spiro atoms. The van der Waals surface area contributed by atoms with Crippen LogP contribution in [0.2, 0.25) is 0 Å². The number of nitrogens with zero attached hydrogens (tertiary/aromatic N) is 4. The minimum Gasteiger partial charge on any atom is -0.356 e. The summed E-state index contributed by atoms with van der Waals surface area (Å²) in [5.74, 6) is 0.411. The van der Waals surface area contributed by atoms with Crippen LogP contribution in [0.5, 0.6) is 0 Å². The number of aryl methyl sites for hydroxylation is 1. The first kappa shape index (κ1) is 22.2. The summed E-state index contributed by atoms with van der Waals surface area (Å²) in [4.78, 5) is 35.2. The average molecular weight is 443 g/mol. The summed E-state index contributed by atoms with van der Waals surface area (Å²) in [7, 11) is 0. The lowest BCUT2D eigenvalue weighted by atomic mass is 10.2. The Hall–Kier alpha value is -2.45. The van der Waals surface area contributed by atoms with Gasteiger partial charge in [0.05, 0.1) is 10.5 Å². The monoisotopic (exact) mass is 442 g/mol. The van der Waals surface area contributed by atoms with Crippen LogP contribution >= 0.6 is 24.0 Å². The van der Waals surface area contributed by atoms with Crippen molar-refractivity contribution in [1.82, 2.24) is 14.3 Å². The van der Waals surface area contributed by atoms with E-state index in [0.29, 0.717) is 32.8 Å². The Bertz CT molecular complexity index is 1080. The highest BCUT2D eigenvalue weighted by Crippen LogP contribution is 2.33. The third-order valence-electron chi connectivity index (χ3n) is 4.81. The Morgan fingerprint density at radius 3 is 2.60 bits per heavy atom. The number of carbonyl (C=O) groups excluding carboxylic acids is 1. The number of amides is 1. The van der Waals surface area contributed by atoms with E-state index in [-0.39, 0.29) is 11.5 Å². The first-order valence-corrected chi connectivity index (χ1v) is 11.3. The van der Waals surface area contributed by atoms with Gasteiger partial charge < -0.3 is 4.90 Å². The lowest BCUT2D eigenvalue weighted by Gasteiger charge is -2.25. The Morgan fingerprint density at radius 1 is 1.27 bits per heavy atom. The van der Waals surface area contributed by atoms with Gasteiger partial charge in [-0.15, -0.1) is 6.58 Å². The minimum absolute atomic E-state index is 0.190. The van der Waals surface area contributed by atoms with Gasteiger partial charge in [0.1, 0.15) is 15.8 Å². The van der Waals surface area contributed by atoms with Crippen molar-refractivity contribution in [1.29, 1.82) is 0 Å². The molecule has 6 nitrogen and oxygen atoms in total. The van der Waals surface area contributed by atoms with Crippen molar-refractivity contribution in [3.63, 3.8) is 0 Å². The van der Waals surface area contributed by atoms with Gasteiger partial charge in [0.25, 0.3) is 11.5 Å². The third kappa shape index (κ3) is 4.20. The Morgan fingerprint density at radius 2 is 1.97 bits per heavy atom. The number of thiocarbonyl (C=S) groups is 1. The van der Waals surface area contributed by atoms with Crippen molar-refractivity contribution in [2.45, 2.75) is 33.6 Å². The summed E-state index contributed by atoms with van der Waals surface area (Å²) in [6.07, 6.45) is 6.86. The number of fused-ring (bicyclic) bond motifs is 1. The maximum Gasteiger partial charge on any atom is 0.267 e. The number of hydrogen-bond donors (Lipinski definition) is 0. The topological polar surface area (TPSA) is 57.9 Å². The molecule has 0 N–H and O–H groups in total. The Labute approximate surface area is 186 Å². The molecule has 1 aliphatic rings. The molecule has 1 saturated heterocycles. The lowest BCUT2D eigenvalue weighted by molar-refractivity contribution is -0.121. The quantitative estimate of drug-likeness (QED) is 0.350. The van der Waals surface area contributed by atoms with Crippen molar-refractivity contribution < 1.29 is 4.79 Å². The molecular formula is C22H26N4O2S2. The Kier molecular flexibility index (Phi) is 7.10. The second-order valence-corrected chi connectivity index (χ2v) is 8.78. The highest BCUT2D eigenvalue weighted by molar-refractivity contribution is 8.26. The minimum atomic E-state index is -0.206. The van der Waals surface area contributed by atoms with Crippen LogP contribution in [0.1, 0.15) is 37.8 Å². The SMILES string of the molecule is C=CCN1C(=O)C(=Cc2c(N(CCC)CCC)nc3c(C)cccn3c2=O)SC1=S. The molecule has 1 amide bonds. The fourth-order valence-corrected chi connectivity index (χ4v) is 4.71. The van der Waals surface area contributed by atoms with Gasteiger partial charge >= 0.3 is 0 Å². The predicted octanol–water partition coefficient (Wildman–Crippen LogP) is 4.02.